The molecule has 1 aromatic carbocycles. The second kappa shape index (κ2) is 4.64. The lowest BCUT2D eigenvalue weighted by molar-refractivity contribution is -0.958. The standard InChI is InChI=1S/C16H22N2O2/c19-12-4-5-15-13(11-12)14-3-1-2-6-16(14,17-15)18-7-9-20-10-8-18/h4-5,11,14,17,19H,1-3,6-10H2/p+1/t14-,16+/m0/s1. The molecule has 3 aliphatic rings. The fourth-order valence-electron chi connectivity index (χ4n) is 4.51. The fraction of sp³-hybridized carbons (Fsp3) is 0.625. The molecule has 1 aliphatic carbocycles. The normalized spacial score (nSPS) is 33.3. The Morgan fingerprint density at radius 1 is 1.25 bits per heavy atom. The number of phenolic OH excluding ortho intramolecular Hbond substituents is 1. The van der Waals surface area contributed by atoms with E-state index in [1.54, 1.807) is 11.0 Å². The van der Waals surface area contributed by atoms with Gasteiger partial charge in [-0.3, -0.25) is 0 Å². The van der Waals surface area contributed by atoms with Gasteiger partial charge in [0.05, 0.1) is 19.1 Å². The van der Waals surface area contributed by atoms with Crippen LogP contribution < -0.4 is 10.2 Å². The van der Waals surface area contributed by atoms with E-state index in [2.05, 4.69) is 5.32 Å². The Morgan fingerprint density at radius 3 is 2.95 bits per heavy atom. The number of benzene rings is 1. The zero-order chi connectivity index (χ0) is 13.6. The van der Waals surface area contributed by atoms with Crippen LogP contribution in [0.3, 0.4) is 0 Å². The van der Waals surface area contributed by atoms with Crippen LogP contribution in [0.2, 0.25) is 0 Å². The first-order chi connectivity index (χ1) is 9.79. The maximum absolute atomic E-state index is 9.83. The van der Waals surface area contributed by atoms with Gasteiger partial charge in [0, 0.05) is 12.1 Å². The van der Waals surface area contributed by atoms with E-state index in [0.717, 1.165) is 26.3 Å². The molecule has 1 aromatic rings. The van der Waals surface area contributed by atoms with E-state index >= 15 is 0 Å². The highest BCUT2D eigenvalue weighted by Gasteiger charge is 2.54. The zero-order valence-electron chi connectivity index (χ0n) is 11.8. The first-order valence-electron chi connectivity index (χ1n) is 7.84. The van der Waals surface area contributed by atoms with E-state index in [0.29, 0.717) is 11.7 Å². The number of ether oxygens (including phenoxy) is 1. The van der Waals surface area contributed by atoms with Crippen LogP contribution >= 0.6 is 0 Å². The maximum Gasteiger partial charge on any atom is 0.178 e. The van der Waals surface area contributed by atoms with Crippen molar-refractivity contribution >= 4 is 5.69 Å². The lowest BCUT2D eigenvalue weighted by Gasteiger charge is -2.46. The quantitative estimate of drug-likeness (QED) is 0.672. The Bertz CT molecular complexity index is 513. The summed E-state index contributed by atoms with van der Waals surface area (Å²) in [7, 11) is 0. The number of quaternary nitrogens is 1. The van der Waals surface area contributed by atoms with Gasteiger partial charge < -0.3 is 20.1 Å². The summed E-state index contributed by atoms with van der Waals surface area (Å²) >= 11 is 0. The Labute approximate surface area is 119 Å². The smallest absolute Gasteiger partial charge is 0.178 e. The van der Waals surface area contributed by atoms with Crippen LogP contribution in [-0.4, -0.2) is 37.1 Å². The molecule has 1 saturated carbocycles. The molecule has 4 heteroatoms. The van der Waals surface area contributed by atoms with Crippen molar-refractivity contribution in [2.75, 3.05) is 31.6 Å². The molecule has 4 nitrogen and oxygen atoms in total. The lowest BCUT2D eigenvalue weighted by atomic mass is 9.76. The van der Waals surface area contributed by atoms with Crippen molar-refractivity contribution < 1.29 is 14.7 Å². The molecule has 1 saturated heterocycles. The van der Waals surface area contributed by atoms with Crippen molar-refractivity contribution in [1.82, 2.24) is 0 Å². The number of rotatable bonds is 1. The summed E-state index contributed by atoms with van der Waals surface area (Å²) in [5.74, 6) is 0.926. The highest BCUT2D eigenvalue weighted by atomic mass is 16.5. The average Bonchev–Trinajstić information content (AvgIpc) is 2.83. The summed E-state index contributed by atoms with van der Waals surface area (Å²) in [6.45, 7) is 3.91. The minimum atomic E-state index is 0.137. The molecule has 0 unspecified atom stereocenters. The van der Waals surface area contributed by atoms with E-state index in [-0.39, 0.29) is 5.66 Å². The Balaban J connectivity index is 1.74. The molecule has 0 radical (unpaired) electrons. The van der Waals surface area contributed by atoms with Crippen LogP contribution in [0.25, 0.3) is 0 Å². The highest BCUT2D eigenvalue weighted by molar-refractivity contribution is 5.62. The molecule has 2 aliphatic heterocycles. The number of hydrogen-bond donors (Lipinski definition) is 3. The van der Waals surface area contributed by atoms with Crippen molar-refractivity contribution in [3.8, 4) is 5.75 Å². The summed E-state index contributed by atoms with van der Waals surface area (Å²) in [5.41, 5.74) is 2.69. The number of nitrogens with one attached hydrogen (secondary N) is 2. The predicted molar refractivity (Wildman–Crippen MR) is 77.2 cm³/mol. The van der Waals surface area contributed by atoms with Crippen LogP contribution in [0.5, 0.6) is 5.75 Å². The van der Waals surface area contributed by atoms with Gasteiger partial charge in [0.2, 0.25) is 0 Å². The molecular formula is C16H23N2O2+. The minimum absolute atomic E-state index is 0.137. The monoisotopic (exact) mass is 275 g/mol. The summed E-state index contributed by atoms with van der Waals surface area (Å²) in [5, 5.41) is 13.7. The predicted octanol–water partition coefficient (Wildman–Crippen LogP) is 1.09. The maximum atomic E-state index is 9.83. The molecule has 3 N–H and O–H groups in total. The van der Waals surface area contributed by atoms with Crippen molar-refractivity contribution in [3.05, 3.63) is 23.8 Å². The fourth-order valence-corrected chi connectivity index (χ4v) is 4.51. The Morgan fingerprint density at radius 2 is 2.10 bits per heavy atom. The third-order valence-electron chi connectivity index (χ3n) is 5.40. The molecule has 20 heavy (non-hydrogen) atoms. The summed E-state index contributed by atoms with van der Waals surface area (Å²) in [6, 6.07) is 5.82. The molecule has 0 aromatic heterocycles. The van der Waals surface area contributed by atoms with Crippen molar-refractivity contribution in [1.29, 1.82) is 0 Å². The van der Waals surface area contributed by atoms with Crippen molar-refractivity contribution in [2.24, 2.45) is 0 Å². The third-order valence-corrected chi connectivity index (χ3v) is 5.40. The number of morpholine rings is 1. The van der Waals surface area contributed by atoms with E-state index in [1.807, 2.05) is 12.1 Å². The van der Waals surface area contributed by atoms with Crippen molar-refractivity contribution in [2.45, 2.75) is 37.3 Å². The molecule has 2 atom stereocenters. The first-order valence-corrected chi connectivity index (χ1v) is 7.84. The molecule has 108 valence electrons. The Hall–Kier alpha value is -1.26. The molecular weight excluding hydrogens is 252 g/mol. The largest absolute Gasteiger partial charge is 0.508 e. The molecule has 2 fully saturated rings. The van der Waals surface area contributed by atoms with E-state index < -0.39 is 0 Å². The van der Waals surface area contributed by atoms with E-state index in [4.69, 9.17) is 4.74 Å². The summed E-state index contributed by atoms with van der Waals surface area (Å²) in [4.78, 5) is 1.64. The first kappa shape index (κ1) is 12.5. The van der Waals surface area contributed by atoms with Gasteiger partial charge in [-0.2, -0.15) is 0 Å². The summed E-state index contributed by atoms with van der Waals surface area (Å²) in [6.07, 6.45) is 5.05. The lowest BCUT2D eigenvalue weighted by Crippen LogP contribution is -3.23. The van der Waals surface area contributed by atoms with Crippen LogP contribution in [-0.2, 0) is 4.74 Å². The van der Waals surface area contributed by atoms with Crippen LogP contribution in [0.4, 0.5) is 5.69 Å². The van der Waals surface area contributed by atoms with Gasteiger partial charge >= 0.3 is 0 Å². The van der Waals surface area contributed by atoms with Gasteiger partial charge in [-0.15, -0.1) is 0 Å². The minimum Gasteiger partial charge on any atom is -0.508 e. The highest BCUT2D eigenvalue weighted by Crippen LogP contribution is 2.48. The molecule has 0 spiro atoms. The van der Waals surface area contributed by atoms with Gasteiger partial charge in [-0.1, -0.05) is 6.42 Å². The number of phenols is 1. The van der Waals surface area contributed by atoms with Crippen LogP contribution in [0.15, 0.2) is 18.2 Å². The number of fused-ring (bicyclic) bond motifs is 3. The second-order valence-corrected chi connectivity index (χ2v) is 6.38. The third kappa shape index (κ3) is 1.75. The summed E-state index contributed by atoms with van der Waals surface area (Å²) < 4.78 is 5.54. The van der Waals surface area contributed by atoms with Crippen molar-refractivity contribution in [3.63, 3.8) is 0 Å². The molecule has 0 bridgehead atoms. The average molecular weight is 275 g/mol. The van der Waals surface area contributed by atoms with E-state index in [1.165, 1.54) is 36.9 Å². The topological polar surface area (TPSA) is 45.9 Å². The number of anilines is 1. The Kier molecular flexibility index (Phi) is 2.89. The molecule has 2 heterocycles. The SMILES string of the molecule is Oc1ccc2c(c1)[C@@H]1CCCC[C@]1([NH+]1CCOCC1)N2. The zero-order valence-corrected chi connectivity index (χ0v) is 11.8. The van der Waals surface area contributed by atoms with Crippen LogP contribution in [0, 0.1) is 0 Å². The van der Waals surface area contributed by atoms with E-state index in [9.17, 15) is 5.11 Å². The second-order valence-electron chi connectivity index (χ2n) is 6.38. The van der Waals surface area contributed by atoms with Gasteiger partial charge in [-0.25, -0.2) is 0 Å². The number of hydrogen-bond acceptors (Lipinski definition) is 3. The van der Waals surface area contributed by atoms with Gasteiger partial charge in [0.15, 0.2) is 5.66 Å². The number of aromatic hydroxyl groups is 1. The molecule has 4 rings (SSSR count). The van der Waals surface area contributed by atoms with Crippen LogP contribution in [0.1, 0.15) is 37.2 Å². The van der Waals surface area contributed by atoms with Gasteiger partial charge in [-0.05, 0) is 36.6 Å². The molecule has 0 amide bonds. The van der Waals surface area contributed by atoms with Gasteiger partial charge in [0.1, 0.15) is 18.8 Å². The van der Waals surface area contributed by atoms with Gasteiger partial charge in [0.25, 0.3) is 0 Å².